The summed E-state index contributed by atoms with van der Waals surface area (Å²) in [6.45, 7) is 1.38. The first-order chi connectivity index (χ1) is 12.3. The molecular formula is C18H17N3O4S. The molecule has 8 heteroatoms. The fourth-order valence-corrected chi connectivity index (χ4v) is 3.39. The number of benzene rings is 2. The molecule has 0 saturated carbocycles. The van der Waals surface area contributed by atoms with E-state index < -0.39 is 33.6 Å². The lowest BCUT2D eigenvalue weighted by atomic mass is 10.1. The minimum Gasteiger partial charge on any atom is -0.340 e. The minimum absolute atomic E-state index is 0.218. The van der Waals surface area contributed by atoms with E-state index >= 15 is 0 Å². The first-order valence-corrected chi connectivity index (χ1v) is 9.36. The molecule has 0 fully saturated rings. The van der Waals surface area contributed by atoms with Crippen molar-refractivity contribution in [3.8, 4) is 6.07 Å². The van der Waals surface area contributed by atoms with E-state index in [1.165, 1.54) is 19.1 Å². The van der Waals surface area contributed by atoms with Gasteiger partial charge in [-0.1, -0.05) is 36.4 Å². The third-order valence-corrected chi connectivity index (χ3v) is 4.72. The third-order valence-electron chi connectivity index (χ3n) is 3.52. The van der Waals surface area contributed by atoms with Crippen molar-refractivity contribution in [2.45, 2.75) is 18.7 Å². The zero-order chi connectivity index (χ0) is 19.2. The number of nitriles is 1. The molecule has 0 spiro atoms. The molecule has 7 nitrogen and oxygen atoms in total. The number of rotatable bonds is 6. The van der Waals surface area contributed by atoms with Crippen molar-refractivity contribution in [2.75, 3.05) is 0 Å². The van der Waals surface area contributed by atoms with E-state index in [-0.39, 0.29) is 11.1 Å². The van der Waals surface area contributed by atoms with E-state index in [1.807, 2.05) is 10.8 Å². The maximum atomic E-state index is 12.2. The van der Waals surface area contributed by atoms with Crippen molar-refractivity contribution < 1.29 is 18.0 Å². The molecule has 2 amide bonds. The highest BCUT2D eigenvalue weighted by molar-refractivity contribution is 7.89. The van der Waals surface area contributed by atoms with Crippen LogP contribution in [0.15, 0.2) is 54.6 Å². The van der Waals surface area contributed by atoms with Gasteiger partial charge in [0.25, 0.3) is 11.8 Å². The van der Waals surface area contributed by atoms with Gasteiger partial charge >= 0.3 is 0 Å². The van der Waals surface area contributed by atoms with Gasteiger partial charge in [0.2, 0.25) is 10.0 Å². The summed E-state index contributed by atoms with van der Waals surface area (Å²) >= 11 is 0. The highest BCUT2D eigenvalue weighted by atomic mass is 32.2. The Morgan fingerprint density at radius 3 is 2.35 bits per heavy atom. The van der Waals surface area contributed by atoms with E-state index in [4.69, 9.17) is 5.26 Å². The summed E-state index contributed by atoms with van der Waals surface area (Å²) in [5, 5.41) is 11.5. The molecule has 2 aromatic carbocycles. The van der Waals surface area contributed by atoms with Crippen molar-refractivity contribution in [3.05, 3.63) is 71.3 Å². The molecule has 134 valence electrons. The molecule has 1 atom stereocenters. The van der Waals surface area contributed by atoms with Gasteiger partial charge < -0.3 is 5.32 Å². The summed E-state index contributed by atoms with van der Waals surface area (Å²) in [6.07, 6.45) is 0. The Morgan fingerprint density at radius 2 is 1.69 bits per heavy atom. The van der Waals surface area contributed by atoms with Crippen LogP contribution in [0.1, 0.15) is 28.4 Å². The van der Waals surface area contributed by atoms with E-state index in [0.717, 1.165) is 0 Å². The van der Waals surface area contributed by atoms with Gasteiger partial charge in [-0.05, 0) is 30.7 Å². The van der Waals surface area contributed by atoms with Crippen LogP contribution in [0, 0.1) is 11.3 Å². The van der Waals surface area contributed by atoms with Gasteiger partial charge in [0, 0.05) is 5.56 Å². The van der Waals surface area contributed by atoms with E-state index in [2.05, 4.69) is 5.32 Å². The van der Waals surface area contributed by atoms with Crippen LogP contribution in [0.3, 0.4) is 0 Å². The Balaban J connectivity index is 2.01. The highest BCUT2D eigenvalue weighted by Crippen LogP contribution is 2.11. The van der Waals surface area contributed by atoms with Gasteiger partial charge in [-0.3, -0.25) is 14.3 Å². The Hall–Kier alpha value is -3.18. The van der Waals surface area contributed by atoms with Crippen molar-refractivity contribution >= 4 is 21.8 Å². The molecule has 26 heavy (non-hydrogen) atoms. The Kier molecular flexibility index (Phi) is 6.09. The summed E-state index contributed by atoms with van der Waals surface area (Å²) in [5.41, 5.74) is 0.866. The maximum Gasteiger partial charge on any atom is 0.255 e. The second kappa shape index (κ2) is 8.27. The summed E-state index contributed by atoms with van der Waals surface area (Å²) in [5.74, 6) is -1.86. The Bertz CT molecular complexity index is 950. The lowest BCUT2D eigenvalue weighted by molar-refractivity contribution is -0.120. The fraction of sp³-hybridized carbons (Fsp3) is 0.167. The van der Waals surface area contributed by atoms with Gasteiger partial charge in [0.15, 0.2) is 0 Å². The molecule has 0 aliphatic heterocycles. The molecule has 2 aromatic rings. The zero-order valence-electron chi connectivity index (χ0n) is 14.0. The molecule has 2 N–H and O–H groups in total. The number of amides is 2. The highest BCUT2D eigenvalue weighted by Gasteiger charge is 2.22. The predicted molar refractivity (Wildman–Crippen MR) is 95.3 cm³/mol. The normalized spacial score (nSPS) is 11.8. The van der Waals surface area contributed by atoms with Crippen LogP contribution < -0.4 is 10.0 Å². The monoisotopic (exact) mass is 371 g/mol. The fourth-order valence-electron chi connectivity index (χ4n) is 2.17. The average molecular weight is 371 g/mol. The van der Waals surface area contributed by atoms with Crippen LogP contribution in [0.5, 0.6) is 0 Å². The lowest BCUT2D eigenvalue weighted by Crippen LogP contribution is -2.46. The Morgan fingerprint density at radius 1 is 1.08 bits per heavy atom. The van der Waals surface area contributed by atoms with Crippen LogP contribution in [0.2, 0.25) is 0 Å². The number of sulfonamides is 1. The lowest BCUT2D eigenvalue weighted by Gasteiger charge is -2.14. The first kappa shape index (κ1) is 19.1. The van der Waals surface area contributed by atoms with Crippen LogP contribution >= 0.6 is 0 Å². The minimum atomic E-state index is -4.01. The number of nitrogens with zero attached hydrogens (tertiary/aromatic N) is 1. The summed E-state index contributed by atoms with van der Waals surface area (Å²) < 4.78 is 26.3. The van der Waals surface area contributed by atoms with Gasteiger partial charge in [-0.2, -0.15) is 5.26 Å². The maximum absolute atomic E-state index is 12.2. The van der Waals surface area contributed by atoms with Crippen LogP contribution in [-0.4, -0.2) is 26.3 Å². The van der Waals surface area contributed by atoms with Crippen LogP contribution in [0.25, 0.3) is 0 Å². The van der Waals surface area contributed by atoms with Crippen molar-refractivity contribution in [1.82, 2.24) is 10.0 Å². The number of nitrogens with one attached hydrogen (secondary N) is 2. The first-order valence-electron chi connectivity index (χ1n) is 7.70. The molecule has 0 heterocycles. The number of carbonyl (C=O) groups is 2. The summed E-state index contributed by atoms with van der Waals surface area (Å²) in [7, 11) is -4.01. The smallest absolute Gasteiger partial charge is 0.255 e. The van der Waals surface area contributed by atoms with Crippen LogP contribution in [-0.2, 0) is 20.6 Å². The second-order valence-corrected chi connectivity index (χ2v) is 7.28. The Labute approximate surface area is 151 Å². The second-order valence-electron chi connectivity index (χ2n) is 5.56. The van der Waals surface area contributed by atoms with Gasteiger partial charge in [0.1, 0.15) is 6.04 Å². The van der Waals surface area contributed by atoms with Crippen molar-refractivity contribution in [1.29, 1.82) is 5.26 Å². The molecule has 0 aliphatic carbocycles. The van der Waals surface area contributed by atoms with Crippen LogP contribution in [0.4, 0.5) is 0 Å². The summed E-state index contributed by atoms with van der Waals surface area (Å²) in [6, 6.07) is 15.3. The number of hydrogen-bond donors (Lipinski definition) is 2. The molecule has 0 aromatic heterocycles. The number of hydrogen-bond acceptors (Lipinski definition) is 5. The number of carbonyl (C=O) groups excluding carboxylic acids is 2. The average Bonchev–Trinajstić information content (AvgIpc) is 2.62. The topological polar surface area (TPSA) is 116 Å². The van der Waals surface area contributed by atoms with E-state index in [1.54, 1.807) is 42.5 Å². The molecule has 0 saturated heterocycles. The zero-order valence-corrected chi connectivity index (χ0v) is 14.8. The third kappa shape index (κ3) is 5.16. The van der Waals surface area contributed by atoms with Gasteiger partial charge in [-0.15, -0.1) is 0 Å². The molecule has 0 bridgehead atoms. The van der Waals surface area contributed by atoms with Crippen molar-refractivity contribution in [3.63, 3.8) is 0 Å². The van der Waals surface area contributed by atoms with Gasteiger partial charge in [-0.25, -0.2) is 8.42 Å². The molecule has 2 rings (SSSR count). The van der Waals surface area contributed by atoms with Gasteiger partial charge in [0.05, 0.1) is 17.4 Å². The quantitative estimate of drug-likeness (QED) is 0.794. The standard InChI is InChI=1S/C18H17N3O4S/c1-13(20-18(23)14-7-3-2-4-8-14)17(22)21-26(24,25)12-16-10-6-5-9-15(16)11-19/h2-10,13H,12H2,1H3,(H,20,23)(H,21,22)/t13-/m0/s1. The summed E-state index contributed by atoms with van der Waals surface area (Å²) in [4.78, 5) is 24.1. The largest absolute Gasteiger partial charge is 0.340 e. The van der Waals surface area contributed by atoms with E-state index in [0.29, 0.717) is 5.56 Å². The molecule has 0 aliphatic rings. The predicted octanol–water partition coefficient (Wildman–Crippen LogP) is 1.32. The molecule has 0 radical (unpaired) electrons. The SMILES string of the molecule is C[C@H](NC(=O)c1ccccc1)C(=O)NS(=O)(=O)Cc1ccccc1C#N. The van der Waals surface area contributed by atoms with Crippen molar-refractivity contribution in [2.24, 2.45) is 0 Å². The molecular weight excluding hydrogens is 354 g/mol. The molecule has 0 unspecified atom stereocenters. The van der Waals surface area contributed by atoms with E-state index in [9.17, 15) is 18.0 Å².